The lowest BCUT2D eigenvalue weighted by Gasteiger charge is -2.02. The molecule has 26 heavy (non-hydrogen) atoms. The van der Waals surface area contributed by atoms with Gasteiger partial charge in [-0.25, -0.2) is 4.79 Å². The van der Waals surface area contributed by atoms with Gasteiger partial charge in [-0.05, 0) is 48.0 Å². The van der Waals surface area contributed by atoms with Gasteiger partial charge in [-0.1, -0.05) is 40.2 Å². The first-order valence-electron chi connectivity index (χ1n) is 7.77. The van der Waals surface area contributed by atoms with Crippen LogP contribution in [-0.2, 0) is 4.74 Å². The van der Waals surface area contributed by atoms with Gasteiger partial charge in [-0.2, -0.15) is 5.26 Å². The largest absolute Gasteiger partial charge is 0.465 e. The maximum atomic E-state index is 11.7. The highest BCUT2D eigenvalue weighted by molar-refractivity contribution is 9.10. The van der Waals surface area contributed by atoms with Crippen molar-refractivity contribution in [2.45, 2.75) is 0 Å². The fraction of sp³-hybridized carbons (Fsp3) is 0.0476. The molecule has 0 spiro atoms. The van der Waals surface area contributed by atoms with Gasteiger partial charge in [0.2, 0.25) is 0 Å². The summed E-state index contributed by atoms with van der Waals surface area (Å²) in [5.74, 6) is 0.763. The SMILES string of the molecule is COC(=O)c1cccc(-c2ccc(/C=C(/C#N)c3ccc(Br)cc3)o2)c1. The second-order valence-electron chi connectivity index (χ2n) is 5.45. The van der Waals surface area contributed by atoms with E-state index in [0.29, 0.717) is 22.7 Å². The van der Waals surface area contributed by atoms with Crippen LogP contribution >= 0.6 is 15.9 Å². The van der Waals surface area contributed by atoms with E-state index in [9.17, 15) is 10.1 Å². The number of carbonyl (C=O) groups excluding carboxylic acids is 1. The summed E-state index contributed by atoms with van der Waals surface area (Å²) in [7, 11) is 1.34. The van der Waals surface area contributed by atoms with Crippen molar-refractivity contribution in [3.05, 3.63) is 82.0 Å². The number of benzene rings is 2. The summed E-state index contributed by atoms with van der Waals surface area (Å²) >= 11 is 3.38. The summed E-state index contributed by atoms with van der Waals surface area (Å²) < 4.78 is 11.5. The number of allylic oxidation sites excluding steroid dienone is 1. The molecule has 128 valence electrons. The van der Waals surface area contributed by atoms with Crippen LogP contribution in [0.4, 0.5) is 0 Å². The molecule has 0 N–H and O–H groups in total. The molecule has 3 rings (SSSR count). The predicted molar refractivity (Wildman–Crippen MR) is 103 cm³/mol. The first kappa shape index (κ1) is 17.7. The Morgan fingerprint density at radius 3 is 2.58 bits per heavy atom. The van der Waals surface area contributed by atoms with Crippen LogP contribution in [0.2, 0.25) is 0 Å². The number of carbonyl (C=O) groups is 1. The number of esters is 1. The van der Waals surface area contributed by atoms with Crippen molar-refractivity contribution < 1.29 is 13.9 Å². The van der Waals surface area contributed by atoms with Crippen molar-refractivity contribution in [2.75, 3.05) is 7.11 Å². The van der Waals surface area contributed by atoms with Gasteiger partial charge in [0.15, 0.2) is 0 Å². The molecule has 0 amide bonds. The maximum Gasteiger partial charge on any atom is 0.337 e. The minimum Gasteiger partial charge on any atom is -0.465 e. The van der Waals surface area contributed by atoms with Crippen molar-refractivity contribution in [1.82, 2.24) is 0 Å². The topological polar surface area (TPSA) is 63.2 Å². The van der Waals surface area contributed by atoms with Crippen LogP contribution in [0.1, 0.15) is 21.7 Å². The highest BCUT2D eigenvalue weighted by Crippen LogP contribution is 2.26. The van der Waals surface area contributed by atoms with E-state index in [-0.39, 0.29) is 0 Å². The summed E-state index contributed by atoms with van der Waals surface area (Å²) in [5.41, 5.74) is 2.52. The number of nitrogens with zero attached hydrogens (tertiary/aromatic N) is 1. The van der Waals surface area contributed by atoms with Crippen molar-refractivity contribution in [3.63, 3.8) is 0 Å². The first-order valence-corrected chi connectivity index (χ1v) is 8.56. The van der Waals surface area contributed by atoms with Gasteiger partial charge in [-0.3, -0.25) is 0 Å². The van der Waals surface area contributed by atoms with E-state index < -0.39 is 5.97 Å². The van der Waals surface area contributed by atoms with Crippen LogP contribution in [-0.4, -0.2) is 13.1 Å². The zero-order valence-electron chi connectivity index (χ0n) is 13.9. The van der Waals surface area contributed by atoms with E-state index in [4.69, 9.17) is 9.15 Å². The predicted octanol–water partition coefficient (Wildman–Crippen LogP) is 5.56. The zero-order valence-corrected chi connectivity index (χ0v) is 15.5. The van der Waals surface area contributed by atoms with Crippen molar-refractivity contribution in [1.29, 1.82) is 5.26 Å². The van der Waals surface area contributed by atoms with Crippen LogP contribution in [0, 0.1) is 11.3 Å². The number of rotatable bonds is 4. The highest BCUT2D eigenvalue weighted by atomic mass is 79.9. The minimum absolute atomic E-state index is 0.402. The number of nitriles is 1. The van der Waals surface area contributed by atoms with Crippen molar-refractivity contribution >= 4 is 33.5 Å². The molecule has 4 nitrogen and oxygen atoms in total. The second-order valence-corrected chi connectivity index (χ2v) is 6.37. The lowest BCUT2D eigenvalue weighted by molar-refractivity contribution is 0.0601. The van der Waals surface area contributed by atoms with E-state index >= 15 is 0 Å². The molecule has 3 aromatic rings. The van der Waals surface area contributed by atoms with Gasteiger partial charge in [0.05, 0.1) is 24.3 Å². The van der Waals surface area contributed by atoms with E-state index in [0.717, 1.165) is 15.6 Å². The summed E-state index contributed by atoms with van der Waals surface area (Å²) in [6.07, 6.45) is 1.69. The molecular weight excluding hydrogens is 394 g/mol. The molecule has 5 heteroatoms. The summed E-state index contributed by atoms with van der Waals surface area (Å²) in [6.45, 7) is 0. The molecule has 2 aromatic carbocycles. The van der Waals surface area contributed by atoms with Crippen LogP contribution in [0.3, 0.4) is 0 Å². The number of ether oxygens (including phenoxy) is 1. The summed E-state index contributed by atoms with van der Waals surface area (Å²) in [4.78, 5) is 11.7. The minimum atomic E-state index is -0.402. The van der Waals surface area contributed by atoms with Gasteiger partial charge in [0.1, 0.15) is 11.5 Å². The number of furan rings is 1. The van der Waals surface area contributed by atoms with Gasteiger partial charge < -0.3 is 9.15 Å². The molecule has 0 fully saturated rings. The van der Waals surface area contributed by atoms with Gasteiger partial charge in [0.25, 0.3) is 0 Å². The highest BCUT2D eigenvalue weighted by Gasteiger charge is 2.10. The monoisotopic (exact) mass is 407 g/mol. The van der Waals surface area contributed by atoms with Gasteiger partial charge >= 0.3 is 5.97 Å². The molecule has 0 aliphatic carbocycles. The van der Waals surface area contributed by atoms with E-state index in [1.165, 1.54) is 7.11 Å². The van der Waals surface area contributed by atoms with Gasteiger partial charge in [0, 0.05) is 10.0 Å². The van der Waals surface area contributed by atoms with Crippen LogP contribution < -0.4 is 0 Å². The third-order valence-electron chi connectivity index (χ3n) is 3.76. The Labute approximate surface area is 159 Å². The molecule has 0 saturated carbocycles. The lowest BCUT2D eigenvalue weighted by Crippen LogP contribution is -2.00. The molecule has 0 atom stereocenters. The Bertz CT molecular complexity index is 1010. The average molecular weight is 408 g/mol. The molecular formula is C21H14BrNO3. The van der Waals surface area contributed by atoms with Crippen molar-refractivity contribution in [3.8, 4) is 17.4 Å². The molecule has 0 saturated heterocycles. The van der Waals surface area contributed by atoms with Crippen molar-refractivity contribution in [2.24, 2.45) is 0 Å². The quantitative estimate of drug-likeness (QED) is 0.419. The fourth-order valence-corrected chi connectivity index (χ4v) is 2.72. The van der Waals surface area contributed by atoms with E-state index in [1.54, 1.807) is 36.4 Å². The number of hydrogen-bond donors (Lipinski definition) is 0. The summed E-state index contributed by atoms with van der Waals surface area (Å²) in [6, 6.07) is 20.3. The zero-order chi connectivity index (χ0) is 18.5. The maximum absolute atomic E-state index is 11.7. The fourth-order valence-electron chi connectivity index (χ4n) is 2.45. The smallest absolute Gasteiger partial charge is 0.337 e. The Morgan fingerprint density at radius 1 is 1.12 bits per heavy atom. The Kier molecular flexibility index (Phi) is 5.35. The molecule has 1 heterocycles. The Hall–Kier alpha value is -3.10. The van der Waals surface area contributed by atoms with E-state index in [2.05, 4.69) is 22.0 Å². The average Bonchev–Trinajstić information content (AvgIpc) is 3.15. The van der Waals surface area contributed by atoms with Crippen LogP contribution in [0.25, 0.3) is 23.0 Å². The number of methoxy groups -OCH3 is 1. The standard InChI is InChI=1S/C21H14BrNO3/c1-25-21(24)16-4-2-3-15(11-16)20-10-9-19(26-20)12-17(13-23)14-5-7-18(22)8-6-14/h2-12H,1H3/b17-12-. The Balaban J connectivity index is 1.91. The third kappa shape index (κ3) is 3.93. The molecule has 0 radical (unpaired) electrons. The second kappa shape index (κ2) is 7.85. The van der Waals surface area contributed by atoms with Gasteiger partial charge in [-0.15, -0.1) is 0 Å². The molecule has 1 aromatic heterocycles. The first-order chi connectivity index (χ1) is 12.6. The van der Waals surface area contributed by atoms with E-state index in [1.807, 2.05) is 30.3 Å². The normalized spacial score (nSPS) is 11.0. The Morgan fingerprint density at radius 2 is 1.88 bits per heavy atom. The molecule has 0 unspecified atom stereocenters. The molecule has 0 bridgehead atoms. The van der Waals surface area contributed by atoms with Crippen LogP contribution in [0.15, 0.2) is 69.6 Å². The lowest BCUT2D eigenvalue weighted by atomic mass is 10.1. The number of halogens is 1. The summed E-state index contributed by atoms with van der Waals surface area (Å²) in [5, 5.41) is 9.44. The molecule has 0 aliphatic heterocycles. The van der Waals surface area contributed by atoms with Crippen LogP contribution in [0.5, 0.6) is 0 Å². The third-order valence-corrected chi connectivity index (χ3v) is 4.29. The molecule has 0 aliphatic rings. The number of hydrogen-bond acceptors (Lipinski definition) is 4.